The molecule has 2 aromatic carbocycles. The number of aliphatic hydroxyl groups is 1. The Hall–Kier alpha value is -1.20. The van der Waals surface area contributed by atoms with Crippen LogP contribution in [-0.2, 0) is 17.8 Å². The molecular weight excluding hydrogens is 330 g/mol. The van der Waals surface area contributed by atoms with Gasteiger partial charge in [-0.2, -0.15) is 0 Å². The van der Waals surface area contributed by atoms with Crippen molar-refractivity contribution in [3.63, 3.8) is 0 Å². The van der Waals surface area contributed by atoms with Gasteiger partial charge in [-0.15, -0.1) is 0 Å². The maximum absolute atomic E-state index is 10.1. The average molecular weight is 350 g/mol. The number of benzene rings is 2. The molecule has 3 nitrogen and oxygen atoms in total. The third-order valence-electron chi connectivity index (χ3n) is 3.25. The highest BCUT2D eigenvalue weighted by Gasteiger charge is 2.15. The predicted molar refractivity (Wildman–Crippen MR) is 87.9 cm³/mol. The molecule has 0 aromatic heterocycles. The highest BCUT2D eigenvalue weighted by atomic mass is 79.9. The molecular formula is C17H20BrNO2. The summed E-state index contributed by atoms with van der Waals surface area (Å²) in [7, 11) is 0. The Kier molecular flexibility index (Phi) is 6.39. The summed E-state index contributed by atoms with van der Waals surface area (Å²) in [4.78, 5) is 0. The summed E-state index contributed by atoms with van der Waals surface area (Å²) >= 11 is 3.42. The van der Waals surface area contributed by atoms with Crippen LogP contribution in [0.5, 0.6) is 0 Å². The normalized spacial score (nSPS) is 13.9. The number of ether oxygens (including phenoxy) is 1. The quantitative estimate of drug-likeness (QED) is 0.807. The van der Waals surface area contributed by atoms with Crippen LogP contribution in [-0.4, -0.2) is 23.9 Å². The summed E-state index contributed by atoms with van der Waals surface area (Å²) in [6.45, 7) is 0.703. The van der Waals surface area contributed by atoms with E-state index in [1.54, 1.807) is 0 Å². The van der Waals surface area contributed by atoms with E-state index in [0.29, 0.717) is 13.0 Å². The molecule has 2 rings (SSSR count). The first-order chi connectivity index (χ1) is 10.1. The molecule has 4 heteroatoms. The van der Waals surface area contributed by atoms with Gasteiger partial charge in [-0.05, 0) is 29.7 Å². The molecule has 2 aromatic rings. The highest BCUT2D eigenvalue weighted by Crippen LogP contribution is 2.12. The van der Waals surface area contributed by atoms with Crippen LogP contribution < -0.4 is 5.73 Å². The fourth-order valence-electron chi connectivity index (χ4n) is 2.07. The van der Waals surface area contributed by atoms with Crippen molar-refractivity contribution in [2.45, 2.75) is 25.2 Å². The zero-order valence-corrected chi connectivity index (χ0v) is 13.4. The van der Waals surface area contributed by atoms with Gasteiger partial charge in [0, 0.05) is 10.5 Å². The molecule has 0 bridgehead atoms. The molecule has 21 heavy (non-hydrogen) atoms. The Labute approximate surface area is 133 Å². The zero-order valence-electron chi connectivity index (χ0n) is 11.8. The van der Waals surface area contributed by atoms with Crippen molar-refractivity contribution < 1.29 is 9.84 Å². The molecule has 0 spiro atoms. The Morgan fingerprint density at radius 2 is 1.76 bits per heavy atom. The van der Waals surface area contributed by atoms with Gasteiger partial charge in [0.2, 0.25) is 0 Å². The topological polar surface area (TPSA) is 55.5 Å². The molecule has 0 aliphatic rings. The third kappa shape index (κ3) is 5.59. The Balaban J connectivity index is 1.75. The molecule has 0 radical (unpaired) electrons. The van der Waals surface area contributed by atoms with Crippen molar-refractivity contribution in [2.75, 3.05) is 6.61 Å². The van der Waals surface area contributed by atoms with E-state index >= 15 is 0 Å². The molecule has 0 saturated heterocycles. The van der Waals surface area contributed by atoms with E-state index in [4.69, 9.17) is 10.5 Å². The number of halogens is 1. The SMILES string of the molecule is NC(Cc1ccccc1)C(O)COCc1cccc(Br)c1. The molecule has 2 atom stereocenters. The van der Waals surface area contributed by atoms with Crippen molar-refractivity contribution >= 4 is 15.9 Å². The largest absolute Gasteiger partial charge is 0.389 e. The van der Waals surface area contributed by atoms with E-state index in [-0.39, 0.29) is 12.6 Å². The monoisotopic (exact) mass is 349 g/mol. The van der Waals surface area contributed by atoms with E-state index < -0.39 is 6.10 Å². The van der Waals surface area contributed by atoms with Gasteiger partial charge in [-0.3, -0.25) is 0 Å². The lowest BCUT2D eigenvalue weighted by Gasteiger charge is -2.19. The first kappa shape index (κ1) is 16.2. The minimum absolute atomic E-state index is 0.237. The molecule has 0 saturated carbocycles. The second-order valence-electron chi connectivity index (χ2n) is 5.07. The smallest absolute Gasteiger partial charge is 0.0927 e. The minimum atomic E-state index is -0.669. The summed E-state index contributed by atoms with van der Waals surface area (Å²) in [5, 5.41) is 10.1. The second-order valence-corrected chi connectivity index (χ2v) is 5.98. The van der Waals surface area contributed by atoms with Gasteiger partial charge < -0.3 is 15.6 Å². The molecule has 0 aliphatic carbocycles. The summed E-state index contributed by atoms with van der Waals surface area (Å²) in [6.07, 6.45) is -0.0280. The van der Waals surface area contributed by atoms with E-state index in [1.165, 1.54) is 0 Å². The maximum atomic E-state index is 10.1. The van der Waals surface area contributed by atoms with Crippen LogP contribution in [0.3, 0.4) is 0 Å². The number of hydrogen-bond donors (Lipinski definition) is 2. The van der Waals surface area contributed by atoms with Gasteiger partial charge in [-0.25, -0.2) is 0 Å². The summed E-state index contributed by atoms with van der Waals surface area (Å²) in [5.41, 5.74) is 8.20. The van der Waals surface area contributed by atoms with Gasteiger partial charge in [0.1, 0.15) is 0 Å². The van der Waals surface area contributed by atoms with Crippen molar-refractivity contribution in [2.24, 2.45) is 5.73 Å². The Bertz CT molecular complexity index is 547. The van der Waals surface area contributed by atoms with Crippen LogP contribution in [0.15, 0.2) is 59.1 Å². The van der Waals surface area contributed by atoms with Crippen LogP contribution in [0.25, 0.3) is 0 Å². The van der Waals surface area contributed by atoms with Crippen molar-refractivity contribution in [3.8, 4) is 0 Å². The number of nitrogens with two attached hydrogens (primary N) is 1. The third-order valence-corrected chi connectivity index (χ3v) is 3.75. The fourth-order valence-corrected chi connectivity index (χ4v) is 2.52. The molecule has 0 amide bonds. The number of hydrogen-bond acceptors (Lipinski definition) is 3. The Morgan fingerprint density at radius 3 is 2.48 bits per heavy atom. The van der Waals surface area contributed by atoms with Gasteiger partial charge >= 0.3 is 0 Å². The first-order valence-electron chi connectivity index (χ1n) is 6.95. The number of aliphatic hydroxyl groups excluding tert-OH is 1. The average Bonchev–Trinajstić information content (AvgIpc) is 2.48. The van der Waals surface area contributed by atoms with Gasteiger partial charge in [0.25, 0.3) is 0 Å². The molecule has 0 heterocycles. The lowest BCUT2D eigenvalue weighted by atomic mass is 10.0. The summed E-state index contributed by atoms with van der Waals surface area (Å²) < 4.78 is 6.56. The molecule has 0 aliphatic heterocycles. The van der Waals surface area contributed by atoms with Crippen LogP contribution in [0.2, 0.25) is 0 Å². The zero-order chi connectivity index (χ0) is 15.1. The fraction of sp³-hybridized carbons (Fsp3) is 0.294. The van der Waals surface area contributed by atoms with Gasteiger partial charge in [0.05, 0.1) is 19.3 Å². The van der Waals surface area contributed by atoms with E-state index in [1.807, 2.05) is 54.6 Å². The van der Waals surface area contributed by atoms with Crippen LogP contribution in [0.1, 0.15) is 11.1 Å². The van der Waals surface area contributed by atoms with Crippen molar-refractivity contribution in [1.29, 1.82) is 0 Å². The van der Waals surface area contributed by atoms with Gasteiger partial charge in [0.15, 0.2) is 0 Å². The standard InChI is InChI=1S/C17H20BrNO2/c18-15-8-4-7-14(9-15)11-21-12-17(20)16(19)10-13-5-2-1-3-6-13/h1-9,16-17,20H,10-12,19H2. The van der Waals surface area contributed by atoms with Gasteiger partial charge in [-0.1, -0.05) is 58.4 Å². The van der Waals surface area contributed by atoms with E-state index in [9.17, 15) is 5.11 Å². The number of rotatable bonds is 7. The maximum Gasteiger partial charge on any atom is 0.0927 e. The highest BCUT2D eigenvalue weighted by molar-refractivity contribution is 9.10. The van der Waals surface area contributed by atoms with Crippen molar-refractivity contribution in [3.05, 3.63) is 70.2 Å². The molecule has 2 unspecified atom stereocenters. The first-order valence-corrected chi connectivity index (χ1v) is 7.74. The summed E-state index contributed by atoms with van der Waals surface area (Å²) in [5.74, 6) is 0. The minimum Gasteiger partial charge on any atom is -0.389 e. The summed E-state index contributed by atoms with van der Waals surface area (Å²) in [6, 6.07) is 17.5. The van der Waals surface area contributed by atoms with Crippen LogP contribution in [0.4, 0.5) is 0 Å². The van der Waals surface area contributed by atoms with Crippen LogP contribution >= 0.6 is 15.9 Å². The molecule has 3 N–H and O–H groups in total. The molecule has 112 valence electrons. The predicted octanol–water partition coefficient (Wildman–Crippen LogP) is 2.90. The van der Waals surface area contributed by atoms with E-state index in [2.05, 4.69) is 15.9 Å². The lowest BCUT2D eigenvalue weighted by Crippen LogP contribution is -2.39. The lowest BCUT2D eigenvalue weighted by molar-refractivity contribution is 0.0160. The Morgan fingerprint density at radius 1 is 1.05 bits per heavy atom. The van der Waals surface area contributed by atoms with Crippen molar-refractivity contribution in [1.82, 2.24) is 0 Å². The second kappa shape index (κ2) is 8.29. The molecule has 0 fully saturated rings. The van der Waals surface area contributed by atoms with E-state index in [0.717, 1.165) is 15.6 Å². The van der Waals surface area contributed by atoms with Crippen LogP contribution in [0, 0.1) is 0 Å².